The summed E-state index contributed by atoms with van der Waals surface area (Å²) in [6.45, 7) is 2.17. The Balaban J connectivity index is 2.72. The molecule has 1 fully saturated rings. The second-order valence-corrected chi connectivity index (χ2v) is 3.13. The number of amides is 1. The molecule has 0 aliphatic carbocycles. The summed E-state index contributed by atoms with van der Waals surface area (Å²) >= 11 is 0. The molecule has 5 heteroatoms. The fraction of sp³-hybridized carbons (Fsp3) is 0.714. The van der Waals surface area contributed by atoms with Gasteiger partial charge >= 0.3 is 12.1 Å². The lowest BCUT2D eigenvalue weighted by Gasteiger charge is -2.16. The Morgan fingerprint density at radius 2 is 2.00 bits per heavy atom. The van der Waals surface area contributed by atoms with Crippen LogP contribution in [0.5, 0.6) is 0 Å². The van der Waals surface area contributed by atoms with Crippen molar-refractivity contribution in [2.45, 2.75) is 19.4 Å². The maximum absolute atomic E-state index is 10.6. The number of aliphatic carboxylic acids is 1. The van der Waals surface area contributed by atoms with Gasteiger partial charge in [0.2, 0.25) is 0 Å². The summed E-state index contributed by atoms with van der Waals surface area (Å²) in [6.07, 6.45) is -0.728. The Labute approximate surface area is 69.6 Å². The number of carbonyl (C=O) groups is 2. The molecule has 68 valence electrons. The highest BCUT2D eigenvalue weighted by Crippen LogP contribution is 2.22. The maximum atomic E-state index is 10.6. The summed E-state index contributed by atoms with van der Waals surface area (Å²) in [7, 11) is 0. The van der Waals surface area contributed by atoms with Crippen molar-refractivity contribution in [3.63, 3.8) is 0 Å². The van der Waals surface area contributed by atoms with Gasteiger partial charge in [0.15, 0.2) is 0 Å². The van der Waals surface area contributed by atoms with Crippen molar-refractivity contribution in [3.8, 4) is 0 Å². The van der Waals surface area contributed by atoms with Crippen molar-refractivity contribution in [3.05, 3.63) is 0 Å². The lowest BCUT2D eigenvalue weighted by molar-refractivity contribution is -0.141. The molecule has 1 heterocycles. The minimum Gasteiger partial charge on any atom is -0.480 e. The summed E-state index contributed by atoms with van der Waals surface area (Å²) in [5, 5.41) is 17.3. The molecule has 1 aliphatic rings. The van der Waals surface area contributed by atoms with Gasteiger partial charge in [0.25, 0.3) is 0 Å². The lowest BCUT2D eigenvalue weighted by atomic mass is 10.1. The molecule has 1 amide bonds. The highest BCUT2D eigenvalue weighted by atomic mass is 16.4. The molecule has 0 bridgehead atoms. The number of hydrogen-bond acceptors (Lipinski definition) is 2. The fourth-order valence-electron chi connectivity index (χ4n) is 1.49. The number of carboxylic acid groups (broad SMARTS) is 2. The van der Waals surface area contributed by atoms with Crippen molar-refractivity contribution >= 4 is 12.1 Å². The van der Waals surface area contributed by atoms with Gasteiger partial charge < -0.3 is 10.2 Å². The molecule has 0 aromatic carbocycles. The van der Waals surface area contributed by atoms with Gasteiger partial charge in [0, 0.05) is 6.54 Å². The van der Waals surface area contributed by atoms with Crippen LogP contribution < -0.4 is 0 Å². The number of carboxylic acids is 1. The molecule has 5 nitrogen and oxygen atoms in total. The molecule has 1 rings (SSSR count). The van der Waals surface area contributed by atoms with Gasteiger partial charge in [0.1, 0.15) is 6.04 Å². The summed E-state index contributed by atoms with van der Waals surface area (Å²) in [5.74, 6) is -0.913. The van der Waals surface area contributed by atoms with Gasteiger partial charge in [-0.15, -0.1) is 0 Å². The molecular formula is C7H11NO4. The Kier molecular flexibility index (Phi) is 2.21. The molecule has 0 radical (unpaired) electrons. The maximum Gasteiger partial charge on any atom is 0.408 e. The van der Waals surface area contributed by atoms with Crippen LogP contribution in [-0.2, 0) is 4.79 Å². The first-order valence-corrected chi connectivity index (χ1v) is 3.74. The number of nitrogens with zero attached hydrogens (tertiary/aromatic N) is 1. The first-order valence-electron chi connectivity index (χ1n) is 3.74. The average molecular weight is 173 g/mol. The van der Waals surface area contributed by atoms with Crippen LogP contribution in [0.3, 0.4) is 0 Å². The summed E-state index contributed by atoms with van der Waals surface area (Å²) in [5.41, 5.74) is 0. The average Bonchev–Trinajstić information content (AvgIpc) is 2.31. The fourth-order valence-corrected chi connectivity index (χ4v) is 1.49. The van der Waals surface area contributed by atoms with Crippen LogP contribution in [0.25, 0.3) is 0 Å². The molecule has 2 atom stereocenters. The van der Waals surface area contributed by atoms with Crippen LogP contribution in [-0.4, -0.2) is 39.8 Å². The summed E-state index contributed by atoms with van der Waals surface area (Å²) in [4.78, 5) is 22.1. The third-order valence-corrected chi connectivity index (χ3v) is 2.04. The zero-order valence-corrected chi connectivity index (χ0v) is 6.73. The number of rotatable bonds is 1. The normalized spacial score (nSPS) is 28.9. The predicted octanol–water partition coefficient (Wildman–Crippen LogP) is 0.459. The Hall–Kier alpha value is -1.26. The standard InChI is InChI=1S/C7H11NO4/c1-4-2-5(6(9)10)8(3-4)7(11)12/h4-5H,2-3H2,1H3,(H,9,10)(H,11,12)/t4-,5-/m0/s1. The monoisotopic (exact) mass is 173 g/mol. The van der Waals surface area contributed by atoms with Crippen LogP contribution in [0, 0.1) is 5.92 Å². The smallest absolute Gasteiger partial charge is 0.408 e. The van der Waals surface area contributed by atoms with Crippen LogP contribution in [0.1, 0.15) is 13.3 Å². The van der Waals surface area contributed by atoms with Gasteiger partial charge in [-0.25, -0.2) is 9.59 Å². The van der Waals surface area contributed by atoms with Crippen molar-refractivity contribution in [2.24, 2.45) is 5.92 Å². The Bertz CT molecular complexity index is 193. The minimum atomic E-state index is -1.15. The third kappa shape index (κ3) is 1.49. The van der Waals surface area contributed by atoms with Crippen molar-refractivity contribution in [1.29, 1.82) is 0 Å². The van der Waals surface area contributed by atoms with E-state index in [9.17, 15) is 9.59 Å². The molecule has 1 aliphatic heterocycles. The van der Waals surface area contributed by atoms with Gasteiger partial charge in [-0.05, 0) is 12.3 Å². The van der Waals surface area contributed by atoms with E-state index in [4.69, 9.17) is 10.2 Å². The van der Waals surface area contributed by atoms with Crippen LogP contribution in [0.4, 0.5) is 4.79 Å². The SMILES string of the molecule is C[C@H]1C[C@@H](C(=O)O)N(C(=O)O)C1. The van der Waals surface area contributed by atoms with Gasteiger partial charge in [-0.1, -0.05) is 6.92 Å². The quantitative estimate of drug-likeness (QED) is 0.603. The highest BCUT2D eigenvalue weighted by molar-refractivity contribution is 5.80. The molecule has 0 aromatic rings. The zero-order valence-electron chi connectivity index (χ0n) is 6.73. The van der Waals surface area contributed by atoms with Crippen molar-refractivity contribution in [1.82, 2.24) is 4.90 Å². The van der Waals surface area contributed by atoms with E-state index in [1.54, 1.807) is 0 Å². The second kappa shape index (κ2) is 3.00. The predicted molar refractivity (Wildman–Crippen MR) is 39.9 cm³/mol. The lowest BCUT2D eigenvalue weighted by Crippen LogP contribution is -2.39. The second-order valence-electron chi connectivity index (χ2n) is 3.13. The molecular weight excluding hydrogens is 162 g/mol. The van der Waals surface area contributed by atoms with Gasteiger partial charge in [-0.2, -0.15) is 0 Å². The van der Waals surface area contributed by atoms with Gasteiger partial charge in [0.05, 0.1) is 0 Å². The summed E-state index contributed by atoms with van der Waals surface area (Å²) in [6, 6.07) is -0.850. The summed E-state index contributed by atoms with van der Waals surface area (Å²) < 4.78 is 0. The molecule has 1 saturated heterocycles. The van der Waals surface area contributed by atoms with E-state index >= 15 is 0 Å². The van der Waals surface area contributed by atoms with E-state index in [2.05, 4.69) is 0 Å². The molecule has 0 saturated carbocycles. The van der Waals surface area contributed by atoms with E-state index < -0.39 is 18.1 Å². The van der Waals surface area contributed by atoms with Crippen LogP contribution in [0.2, 0.25) is 0 Å². The minimum absolute atomic E-state index is 0.141. The van der Waals surface area contributed by atoms with Crippen molar-refractivity contribution in [2.75, 3.05) is 6.54 Å². The number of likely N-dealkylation sites (tertiary alicyclic amines) is 1. The van der Waals surface area contributed by atoms with Crippen molar-refractivity contribution < 1.29 is 19.8 Å². The van der Waals surface area contributed by atoms with Crippen LogP contribution >= 0.6 is 0 Å². The van der Waals surface area contributed by atoms with E-state index in [-0.39, 0.29) is 5.92 Å². The third-order valence-electron chi connectivity index (χ3n) is 2.04. The van der Waals surface area contributed by atoms with E-state index in [1.807, 2.05) is 6.92 Å². The van der Waals surface area contributed by atoms with E-state index in [1.165, 1.54) is 0 Å². The molecule has 0 spiro atoms. The topological polar surface area (TPSA) is 77.8 Å². The first kappa shape index (κ1) is 8.83. The van der Waals surface area contributed by atoms with E-state index in [0.717, 1.165) is 4.90 Å². The first-order chi connectivity index (χ1) is 5.52. The Morgan fingerprint density at radius 3 is 2.33 bits per heavy atom. The molecule has 2 N–H and O–H groups in total. The van der Waals surface area contributed by atoms with Gasteiger partial charge in [-0.3, -0.25) is 4.90 Å². The largest absolute Gasteiger partial charge is 0.480 e. The van der Waals surface area contributed by atoms with Crippen LogP contribution in [0.15, 0.2) is 0 Å². The van der Waals surface area contributed by atoms with E-state index in [0.29, 0.717) is 13.0 Å². The molecule has 0 unspecified atom stereocenters. The zero-order chi connectivity index (χ0) is 9.30. The molecule has 0 aromatic heterocycles. The molecule has 12 heavy (non-hydrogen) atoms. The number of hydrogen-bond donors (Lipinski definition) is 2. The highest BCUT2D eigenvalue weighted by Gasteiger charge is 2.37. The Morgan fingerprint density at radius 1 is 1.42 bits per heavy atom.